The molecule has 0 atom stereocenters. The Labute approximate surface area is 137 Å². The van der Waals surface area contributed by atoms with Crippen molar-refractivity contribution in [2.24, 2.45) is 10.1 Å². The van der Waals surface area contributed by atoms with Crippen LogP contribution in [0.25, 0.3) is 0 Å². The van der Waals surface area contributed by atoms with E-state index in [-0.39, 0.29) is 5.49 Å². The first-order valence-electron chi connectivity index (χ1n) is 7.70. The predicted molar refractivity (Wildman–Crippen MR) is 92.7 cm³/mol. The second kappa shape index (κ2) is 5.44. The number of nitrogens with two attached hydrogens (primary N) is 2. The molecule has 4 heterocycles. The van der Waals surface area contributed by atoms with Crippen LogP contribution in [0.15, 0.2) is 28.4 Å². The lowest BCUT2D eigenvalue weighted by Crippen LogP contribution is -2.20. The fourth-order valence-corrected chi connectivity index (χ4v) is 2.85. The van der Waals surface area contributed by atoms with Gasteiger partial charge in [0.15, 0.2) is 17.5 Å². The first-order valence-corrected chi connectivity index (χ1v) is 7.70. The Hall–Kier alpha value is -3.23. The van der Waals surface area contributed by atoms with E-state index in [9.17, 15) is 0 Å². The van der Waals surface area contributed by atoms with Crippen molar-refractivity contribution >= 4 is 34.9 Å². The Morgan fingerprint density at radius 3 is 2.71 bits per heavy atom. The van der Waals surface area contributed by atoms with Crippen molar-refractivity contribution < 1.29 is 0 Å². The number of hydrogen-bond donors (Lipinski definition) is 3. The molecule has 0 radical (unpaired) electrons. The molecular weight excluding hydrogens is 306 g/mol. The van der Waals surface area contributed by atoms with Crippen LogP contribution >= 0.6 is 0 Å². The van der Waals surface area contributed by atoms with Gasteiger partial charge in [-0.15, -0.1) is 0 Å². The number of nitrogens with one attached hydrogen (secondary N) is 1. The summed E-state index contributed by atoms with van der Waals surface area (Å²) in [6.07, 6.45) is 5.50. The zero-order valence-electron chi connectivity index (χ0n) is 13.0. The SMILES string of the molecule is N=c1ccn2c(n1)C(=Nc1nc(N3CCCC3)c(N)cc1N)C=N2. The Morgan fingerprint density at radius 1 is 1.12 bits per heavy atom. The molecule has 0 aliphatic carbocycles. The van der Waals surface area contributed by atoms with Gasteiger partial charge in [-0.25, -0.2) is 19.6 Å². The van der Waals surface area contributed by atoms with Crippen molar-refractivity contribution in [1.82, 2.24) is 14.6 Å². The number of anilines is 3. The number of aromatic nitrogens is 3. The van der Waals surface area contributed by atoms with Crippen molar-refractivity contribution in [3.8, 4) is 0 Å². The molecule has 2 aliphatic heterocycles. The summed E-state index contributed by atoms with van der Waals surface area (Å²) in [5, 5.41) is 11.8. The molecule has 2 aromatic rings. The lowest BCUT2D eigenvalue weighted by molar-refractivity contribution is 0.819. The van der Waals surface area contributed by atoms with E-state index in [1.54, 1.807) is 29.2 Å². The van der Waals surface area contributed by atoms with Crippen molar-refractivity contribution in [1.29, 1.82) is 5.41 Å². The third-order valence-electron chi connectivity index (χ3n) is 4.02. The van der Waals surface area contributed by atoms with Crippen molar-refractivity contribution in [3.63, 3.8) is 0 Å². The molecular formula is C15H17N9. The van der Waals surface area contributed by atoms with Gasteiger partial charge in [0.05, 0.1) is 17.6 Å². The molecule has 9 heteroatoms. The third kappa shape index (κ3) is 2.39. The molecule has 5 N–H and O–H groups in total. The van der Waals surface area contributed by atoms with Gasteiger partial charge in [0.1, 0.15) is 11.2 Å². The van der Waals surface area contributed by atoms with E-state index >= 15 is 0 Å². The van der Waals surface area contributed by atoms with Crippen molar-refractivity contribution in [2.75, 3.05) is 29.5 Å². The molecule has 1 fully saturated rings. The molecule has 0 bridgehead atoms. The van der Waals surface area contributed by atoms with Crippen molar-refractivity contribution in [2.45, 2.75) is 12.8 Å². The van der Waals surface area contributed by atoms with E-state index < -0.39 is 0 Å². The number of pyridine rings is 1. The first kappa shape index (κ1) is 14.4. The molecule has 0 unspecified atom stereocenters. The quantitative estimate of drug-likeness (QED) is 0.739. The molecule has 4 rings (SSSR count). The number of nitrogen functional groups attached to an aromatic ring is 2. The van der Waals surface area contributed by atoms with Gasteiger partial charge in [0.2, 0.25) is 0 Å². The van der Waals surface area contributed by atoms with Gasteiger partial charge in [0.25, 0.3) is 0 Å². The van der Waals surface area contributed by atoms with Gasteiger partial charge in [-0.1, -0.05) is 0 Å². The van der Waals surface area contributed by atoms with E-state index in [1.807, 2.05) is 0 Å². The maximum Gasteiger partial charge on any atom is 0.183 e. The summed E-state index contributed by atoms with van der Waals surface area (Å²) in [5.74, 6) is 1.59. The Kier molecular flexibility index (Phi) is 3.26. The highest BCUT2D eigenvalue weighted by atomic mass is 15.4. The van der Waals surface area contributed by atoms with Gasteiger partial charge < -0.3 is 16.4 Å². The monoisotopic (exact) mass is 323 g/mol. The number of rotatable bonds is 2. The lowest BCUT2D eigenvalue weighted by Gasteiger charge is -2.19. The molecule has 122 valence electrons. The third-order valence-corrected chi connectivity index (χ3v) is 4.02. The number of fused-ring (bicyclic) bond motifs is 1. The van der Waals surface area contributed by atoms with Gasteiger partial charge in [-0.05, 0) is 18.9 Å². The maximum atomic E-state index is 7.65. The summed E-state index contributed by atoms with van der Waals surface area (Å²) in [6, 6.07) is 3.25. The summed E-state index contributed by atoms with van der Waals surface area (Å²) < 4.78 is 1.56. The van der Waals surface area contributed by atoms with E-state index in [1.165, 1.54) is 0 Å². The molecule has 2 aromatic heterocycles. The van der Waals surface area contributed by atoms with E-state index in [4.69, 9.17) is 16.9 Å². The van der Waals surface area contributed by atoms with Crippen LogP contribution in [0.2, 0.25) is 0 Å². The summed E-state index contributed by atoms with van der Waals surface area (Å²) >= 11 is 0. The minimum atomic E-state index is 0.149. The fourth-order valence-electron chi connectivity index (χ4n) is 2.85. The highest BCUT2D eigenvalue weighted by molar-refractivity contribution is 6.39. The van der Waals surface area contributed by atoms with Crippen LogP contribution in [-0.2, 0) is 0 Å². The Morgan fingerprint density at radius 2 is 1.92 bits per heavy atom. The zero-order chi connectivity index (χ0) is 16.7. The van der Waals surface area contributed by atoms with E-state index in [0.717, 1.165) is 25.9 Å². The predicted octanol–water partition coefficient (Wildman–Crippen LogP) is 0.490. The molecule has 9 nitrogen and oxygen atoms in total. The smallest absolute Gasteiger partial charge is 0.183 e. The summed E-state index contributed by atoms with van der Waals surface area (Å²) in [6.45, 7) is 1.86. The lowest BCUT2D eigenvalue weighted by atomic mass is 10.3. The van der Waals surface area contributed by atoms with Crippen LogP contribution in [0.3, 0.4) is 0 Å². The second-order valence-electron chi connectivity index (χ2n) is 5.73. The maximum absolute atomic E-state index is 7.65. The molecule has 0 aromatic carbocycles. The highest BCUT2D eigenvalue weighted by Gasteiger charge is 2.20. The normalized spacial score (nSPS) is 17.7. The average Bonchev–Trinajstić information content (AvgIpc) is 3.20. The number of aliphatic imine (C=N–C) groups is 1. The summed E-state index contributed by atoms with van der Waals surface area (Å²) in [5.41, 5.74) is 13.7. The summed E-state index contributed by atoms with van der Waals surface area (Å²) in [4.78, 5) is 15.3. The van der Waals surface area contributed by atoms with Crippen LogP contribution in [0, 0.1) is 5.41 Å². The number of nitrogens with zero attached hydrogens (tertiary/aromatic N) is 6. The zero-order valence-corrected chi connectivity index (χ0v) is 13.0. The van der Waals surface area contributed by atoms with Crippen LogP contribution in [0.5, 0.6) is 0 Å². The molecule has 0 saturated carbocycles. The largest absolute Gasteiger partial charge is 0.396 e. The highest BCUT2D eigenvalue weighted by Crippen LogP contribution is 2.32. The standard InChI is InChI=1S/C15H17N9/c16-9-7-10(17)14(23-4-1-2-5-23)22-13(9)20-11-8-19-24-6-3-12(18)21-15(11)24/h3,6-8,18H,1-2,4-5,16-17H2. The molecule has 2 aliphatic rings. The summed E-state index contributed by atoms with van der Waals surface area (Å²) in [7, 11) is 0. The minimum absolute atomic E-state index is 0.149. The van der Waals surface area contributed by atoms with E-state index in [0.29, 0.717) is 34.5 Å². The molecule has 24 heavy (non-hydrogen) atoms. The molecule has 0 spiro atoms. The van der Waals surface area contributed by atoms with Gasteiger partial charge in [-0.3, -0.25) is 5.41 Å². The fraction of sp³-hybridized carbons (Fsp3) is 0.267. The number of hydrogen-bond acceptors (Lipinski definition) is 8. The van der Waals surface area contributed by atoms with Gasteiger partial charge in [0, 0.05) is 25.4 Å². The average molecular weight is 323 g/mol. The van der Waals surface area contributed by atoms with Crippen LogP contribution in [0.1, 0.15) is 18.7 Å². The first-order chi connectivity index (χ1) is 11.6. The molecule has 1 saturated heterocycles. The van der Waals surface area contributed by atoms with E-state index in [2.05, 4.69) is 25.0 Å². The topological polar surface area (TPSA) is 135 Å². The Bertz CT molecular complexity index is 919. The van der Waals surface area contributed by atoms with Crippen LogP contribution in [0.4, 0.5) is 23.0 Å². The Balaban J connectivity index is 1.78. The van der Waals surface area contributed by atoms with Gasteiger partial charge in [-0.2, -0.15) is 5.10 Å². The van der Waals surface area contributed by atoms with Gasteiger partial charge >= 0.3 is 0 Å². The van der Waals surface area contributed by atoms with Crippen LogP contribution < -0.4 is 21.9 Å². The molecule has 0 amide bonds. The van der Waals surface area contributed by atoms with Crippen LogP contribution in [-0.4, -0.2) is 39.7 Å². The van der Waals surface area contributed by atoms with Crippen molar-refractivity contribution in [3.05, 3.63) is 29.6 Å². The second-order valence-corrected chi connectivity index (χ2v) is 5.73. The minimum Gasteiger partial charge on any atom is -0.396 e.